The minimum absolute atomic E-state index is 0.0516. The van der Waals surface area contributed by atoms with Crippen LogP contribution in [0.15, 0.2) is 12.2 Å². The van der Waals surface area contributed by atoms with Crippen LogP contribution in [-0.4, -0.2) is 51.2 Å². The van der Waals surface area contributed by atoms with E-state index in [1.54, 1.807) is 0 Å². The third kappa shape index (κ3) is 25.6. The Labute approximate surface area is 188 Å². The van der Waals surface area contributed by atoms with Gasteiger partial charge in [-0.2, -0.15) is 0 Å². The summed E-state index contributed by atoms with van der Waals surface area (Å²) in [6, 6.07) is 0. The number of hydrogen-bond acceptors (Lipinski definition) is 4. The highest BCUT2D eigenvalue weighted by molar-refractivity contribution is 7.26. The van der Waals surface area contributed by atoms with Crippen LogP contribution in [0.25, 0.3) is 0 Å². The highest BCUT2D eigenvalue weighted by Gasteiger charge is 2.00. The third-order valence-electron chi connectivity index (χ3n) is 4.95. The number of unbranched alkanes of at least 4 members (excludes halogenated alkanes) is 11. The van der Waals surface area contributed by atoms with Crippen LogP contribution in [0.4, 0.5) is 0 Å². The number of hydrogen-bond donors (Lipinski definition) is 1. The van der Waals surface area contributed by atoms with Gasteiger partial charge in [0.15, 0.2) is 9.03 Å². The first-order valence-corrected chi connectivity index (χ1v) is 13.0. The molecule has 1 amide bonds. The zero-order valence-electron chi connectivity index (χ0n) is 20.1. The molecule has 6 heteroatoms. The Balaban J connectivity index is 3.21. The molecule has 1 atom stereocenters. The average Bonchev–Trinajstić information content (AvgIpc) is 2.72. The third-order valence-corrected chi connectivity index (χ3v) is 5.59. The van der Waals surface area contributed by atoms with E-state index in [2.05, 4.69) is 29.3 Å². The second-order valence-corrected chi connectivity index (χ2v) is 9.01. The molecule has 1 N–H and O–H groups in total. The van der Waals surface area contributed by atoms with Crippen LogP contribution < -0.4 is 5.32 Å². The van der Waals surface area contributed by atoms with Gasteiger partial charge in [-0.3, -0.25) is 4.79 Å². The van der Waals surface area contributed by atoms with Crippen LogP contribution in [0.5, 0.6) is 0 Å². The molecule has 1 unspecified atom stereocenters. The Hall–Kier alpha value is -0.480. The number of rotatable bonds is 23. The van der Waals surface area contributed by atoms with Gasteiger partial charge in [-0.1, -0.05) is 70.4 Å². The molecule has 0 bridgehead atoms. The summed E-state index contributed by atoms with van der Waals surface area (Å²) in [5, 5.41) is 2.91. The van der Waals surface area contributed by atoms with Crippen LogP contribution in [-0.2, 0) is 13.8 Å². The van der Waals surface area contributed by atoms with Crippen LogP contribution >= 0.6 is 9.03 Å². The van der Waals surface area contributed by atoms with E-state index < -0.39 is 0 Å². The molecule has 5 nitrogen and oxygen atoms in total. The molecule has 0 saturated heterocycles. The predicted octanol–water partition coefficient (Wildman–Crippen LogP) is 6.24. The van der Waals surface area contributed by atoms with Gasteiger partial charge in [-0.05, 0) is 46.2 Å². The minimum atomic E-state index is 0.0516. The monoisotopic (exact) mass is 444 g/mol. The van der Waals surface area contributed by atoms with Crippen molar-refractivity contribution in [2.45, 2.75) is 96.8 Å². The van der Waals surface area contributed by atoms with E-state index in [0.29, 0.717) is 26.2 Å². The summed E-state index contributed by atoms with van der Waals surface area (Å²) >= 11 is 0. The summed E-state index contributed by atoms with van der Waals surface area (Å²) in [7, 11) is 4.08. The lowest BCUT2D eigenvalue weighted by Gasteiger charge is -2.10. The van der Waals surface area contributed by atoms with Gasteiger partial charge in [0.05, 0.1) is 13.2 Å². The SMILES string of the molecule is CCCCCCCC/C=C\CCCCCCCC(=O)NCCOPOCCN(C)C. The van der Waals surface area contributed by atoms with E-state index in [4.69, 9.17) is 9.05 Å². The van der Waals surface area contributed by atoms with Gasteiger partial charge in [0.2, 0.25) is 5.91 Å². The van der Waals surface area contributed by atoms with Gasteiger partial charge in [0.25, 0.3) is 0 Å². The van der Waals surface area contributed by atoms with E-state index in [1.807, 2.05) is 14.1 Å². The van der Waals surface area contributed by atoms with E-state index in [0.717, 1.165) is 19.4 Å². The molecule has 30 heavy (non-hydrogen) atoms. The quantitative estimate of drug-likeness (QED) is 0.115. The molecule has 0 fully saturated rings. The first-order valence-electron chi connectivity index (χ1n) is 12.2. The maximum absolute atomic E-state index is 11.8. The summed E-state index contributed by atoms with van der Waals surface area (Å²) < 4.78 is 10.7. The molecule has 0 aromatic rings. The van der Waals surface area contributed by atoms with E-state index >= 15 is 0 Å². The molecule has 0 aromatic carbocycles. The lowest BCUT2D eigenvalue weighted by Crippen LogP contribution is -2.26. The highest BCUT2D eigenvalue weighted by atomic mass is 31.1. The molecule has 0 heterocycles. The normalized spacial score (nSPS) is 12.0. The number of amides is 1. The van der Waals surface area contributed by atoms with Gasteiger partial charge < -0.3 is 19.3 Å². The maximum atomic E-state index is 11.8. The predicted molar refractivity (Wildman–Crippen MR) is 131 cm³/mol. The smallest absolute Gasteiger partial charge is 0.220 e. The standard InChI is InChI=1S/C24H49N2O3P/c1-4-5-6-7-8-9-10-11-12-13-14-15-16-17-18-19-24(27)25-20-22-28-30-29-23-21-26(2)3/h11-12,30H,4-10,13-23H2,1-3H3,(H,25,27)/b12-11-. The van der Waals surface area contributed by atoms with E-state index in [9.17, 15) is 4.79 Å². The number of carbonyl (C=O) groups is 1. The molecule has 0 aliphatic carbocycles. The molecule has 0 aliphatic heterocycles. The number of nitrogens with one attached hydrogen (secondary N) is 1. The summed E-state index contributed by atoms with van der Waals surface area (Å²) in [6.07, 6.45) is 22.0. The number of likely N-dealkylation sites (N-methyl/N-ethyl adjacent to an activating group) is 1. The van der Waals surface area contributed by atoms with Crippen LogP contribution in [0.1, 0.15) is 96.8 Å². The van der Waals surface area contributed by atoms with E-state index in [-0.39, 0.29) is 14.9 Å². The van der Waals surface area contributed by atoms with Gasteiger partial charge in [-0.15, -0.1) is 0 Å². The molecule has 0 saturated carbocycles. The van der Waals surface area contributed by atoms with Crippen molar-refractivity contribution in [3.63, 3.8) is 0 Å². The van der Waals surface area contributed by atoms with Crippen molar-refractivity contribution in [2.75, 3.05) is 40.4 Å². The Kier molecular flexibility index (Phi) is 24.4. The second kappa shape index (κ2) is 24.8. The first-order chi connectivity index (χ1) is 14.7. The Morgan fingerprint density at radius 1 is 0.833 bits per heavy atom. The molecule has 0 aliphatic rings. The van der Waals surface area contributed by atoms with Gasteiger partial charge in [0.1, 0.15) is 0 Å². The van der Waals surface area contributed by atoms with Crippen LogP contribution in [0, 0.1) is 0 Å². The summed E-state index contributed by atoms with van der Waals surface area (Å²) in [5.74, 6) is 0.132. The van der Waals surface area contributed by atoms with Crippen molar-refractivity contribution >= 4 is 14.9 Å². The first kappa shape index (κ1) is 29.5. The zero-order valence-corrected chi connectivity index (χ0v) is 21.1. The average molecular weight is 445 g/mol. The van der Waals surface area contributed by atoms with E-state index in [1.165, 1.54) is 70.6 Å². The maximum Gasteiger partial charge on any atom is 0.220 e. The zero-order chi connectivity index (χ0) is 22.1. The Morgan fingerprint density at radius 2 is 1.40 bits per heavy atom. The molecule has 178 valence electrons. The topological polar surface area (TPSA) is 50.8 Å². The van der Waals surface area contributed by atoms with Gasteiger partial charge in [0, 0.05) is 19.5 Å². The molecule has 0 radical (unpaired) electrons. The largest absolute Gasteiger partial charge is 0.354 e. The van der Waals surface area contributed by atoms with Crippen LogP contribution in [0.3, 0.4) is 0 Å². The number of carbonyl (C=O) groups excluding carboxylic acids is 1. The summed E-state index contributed by atoms with van der Waals surface area (Å²) in [4.78, 5) is 13.8. The van der Waals surface area contributed by atoms with Crippen molar-refractivity contribution in [1.29, 1.82) is 0 Å². The second-order valence-electron chi connectivity index (χ2n) is 8.27. The fraction of sp³-hybridized carbons (Fsp3) is 0.875. The summed E-state index contributed by atoms with van der Waals surface area (Å²) in [6.45, 7) is 4.91. The van der Waals surface area contributed by atoms with Crippen molar-refractivity contribution in [1.82, 2.24) is 10.2 Å². The Bertz CT molecular complexity index is 393. The van der Waals surface area contributed by atoms with Crippen molar-refractivity contribution in [3.8, 4) is 0 Å². The Morgan fingerprint density at radius 3 is 2.03 bits per heavy atom. The number of nitrogens with zero attached hydrogens (tertiary/aromatic N) is 1. The molecule has 0 aromatic heterocycles. The fourth-order valence-electron chi connectivity index (χ4n) is 3.04. The van der Waals surface area contributed by atoms with Gasteiger partial charge in [-0.25, -0.2) is 0 Å². The molecular weight excluding hydrogens is 395 g/mol. The van der Waals surface area contributed by atoms with Crippen molar-refractivity contribution in [2.24, 2.45) is 0 Å². The number of allylic oxidation sites excluding steroid dienone is 2. The van der Waals surface area contributed by atoms with Crippen molar-refractivity contribution < 1.29 is 13.8 Å². The highest BCUT2D eigenvalue weighted by Crippen LogP contribution is 2.12. The molecule has 0 rings (SSSR count). The minimum Gasteiger partial charge on any atom is -0.354 e. The molecular formula is C24H49N2O3P. The van der Waals surface area contributed by atoms with Gasteiger partial charge >= 0.3 is 0 Å². The lowest BCUT2D eigenvalue weighted by molar-refractivity contribution is -0.121. The van der Waals surface area contributed by atoms with Crippen LogP contribution in [0.2, 0.25) is 0 Å². The fourth-order valence-corrected chi connectivity index (χ4v) is 3.48. The van der Waals surface area contributed by atoms with Crippen molar-refractivity contribution in [3.05, 3.63) is 12.2 Å². The summed E-state index contributed by atoms with van der Waals surface area (Å²) in [5.41, 5.74) is 0. The lowest BCUT2D eigenvalue weighted by atomic mass is 10.1. The molecule has 0 spiro atoms.